The van der Waals surface area contributed by atoms with Crippen LogP contribution in [0, 0.1) is 0 Å². The van der Waals surface area contributed by atoms with E-state index in [1.165, 1.54) is 16.2 Å². The van der Waals surface area contributed by atoms with Crippen LogP contribution in [0.3, 0.4) is 0 Å². The summed E-state index contributed by atoms with van der Waals surface area (Å²) in [6, 6.07) is 68.3. The normalized spacial score (nSPS) is 11.9. The van der Waals surface area contributed by atoms with E-state index in [0.29, 0.717) is 5.95 Å². The van der Waals surface area contributed by atoms with Crippen molar-refractivity contribution >= 4 is 93.3 Å². The first-order valence-electron chi connectivity index (χ1n) is 19.3. The first-order valence-corrected chi connectivity index (χ1v) is 19.3. The number of rotatable bonds is 5. The van der Waals surface area contributed by atoms with E-state index in [-0.39, 0.29) is 0 Å². The molecule has 0 atom stereocenters. The number of furan rings is 1. The number of para-hydroxylation sites is 4. The van der Waals surface area contributed by atoms with Gasteiger partial charge in [-0.1, -0.05) is 127 Å². The SMILES string of the molecule is c1ccc(N(c2ccccc2)c2ccc3c(c2)c2c4ccccc4ccc2n3-c2nc(-c3cc4oc5ccccc5c4c4ccccc34)c3ccccc3n2)cc1. The fraction of sp³-hybridized carbons (Fsp3) is 0. The average Bonchev–Trinajstić information content (AvgIpc) is 3.82. The molecule has 12 aromatic rings. The summed E-state index contributed by atoms with van der Waals surface area (Å²) in [5, 5.41) is 10.1. The lowest BCUT2D eigenvalue weighted by Crippen LogP contribution is -2.09. The molecule has 3 aromatic heterocycles. The second-order valence-electron chi connectivity index (χ2n) is 14.6. The lowest BCUT2D eigenvalue weighted by atomic mass is 9.96. The standard InChI is InChI=1S/C52H32N4O/c1-3-16-34(17-4-1)55(35-18-5-2-6-19-35)36-28-30-45-43(31-36)49-37-20-8-7-15-33(37)27-29-46(49)56(45)52-53-44-25-13-11-23-40(44)51(54-52)42-32-48-50(39-22-10-9-21-38(39)42)41-24-12-14-26-47(41)57-48/h1-32H. The van der Waals surface area contributed by atoms with Crippen LogP contribution in [0.4, 0.5) is 17.1 Å². The molecule has 9 aromatic carbocycles. The summed E-state index contributed by atoms with van der Waals surface area (Å²) < 4.78 is 8.78. The van der Waals surface area contributed by atoms with Crippen LogP contribution in [0.1, 0.15) is 0 Å². The number of nitrogens with zero attached hydrogens (tertiary/aromatic N) is 4. The van der Waals surface area contributed by atoms with E-state index >= 15 is 0 Å². The van der Waals surface area contributed by atoms with Crippen LogP contribution in [0.15, 0.2) is 199 Å². The molecule has 0 aliphatic heterocycles. The van der Waals surface area contributed by atoms with E-state index in [2.05, 4.69) is 191 Å². The van der Waals surface area contributed by atoms with Gasteiger partial charge in [0.15, 0.2) is 0 Å². The van der Waals surface area contributed by atoms with Gasteiger partial charge < -0.3 is 9.32 Å². The molecular formula is C52H32N4O. The molecule has 0 aliphatic rings. The molecule has 266 valence electrons. The third-order valence-electron chi connectivity index (χ3n) is 11.4. The molecule has 0 aliphatic carbocycles. The van der Waals surface area contributed by atoms with E-state index in [0.717, 1.165) is 88.4 Å². The summed E-state index contributed by atoms with van der Waals surface area (Å²) >= 11 is 0. The molecule has 5 nitrogen and oxygen atoms in total. The van der Waals surface area contributed by atoms with Crippen LogP contribution in [0.5, 0.6) is 0 Å². The predicted molar refractivity (Wildman–Crippen MR) is 236 cm³/mol. The van der Waals surface area contributed by atoms with Gasteiger partial charge in [0, 0.05) is 49.6 Å². The molecule has 57 heavy (non-hydrogen) atoms. The minimum Gasteiger partial charge on any atom is -0.456 e. The first-order chi connectivity index (χ1) is 28.3. The number of benzene rings is 9. The third-order valence-corrected chi connectivity index (χ3v) is 11.4. The zero-order valence-electron chi connectivity index (χ0n) is 30.7. The van der Waals surface area contributed by atoms with Gasteiger partial charge in [0.1, 0.15) is 11.2 Å². The van der Waals surface area contributed by atoms with E-state index in [1.807, 2.05) is 12.1 Å². The molecular weight excluding hydrogens is 697 g/mol. The highest BCUT2D eigenvalue weighted by atomic mass is 16.3. The Balaban J connectivity index is 1.16. The van der Waals surface area contributed by atoms with Crippen molar-refractivity contribution in [3.05, 3.63) is 194 Å². The minimum atomic E-state index is 0.614. The Morgan fingerprint density at radius 1 is 0.404 bits per heavy atom. The Morgan fingerprint density at radius 2 is 1.04 bits per heavy atom. The van der Waals surface area contributed by atoms with Crippen molar-refractivity contribution in [2.24, 2.45) is 0 Å². The summed E-state index contributed by atoms with van der Waals surface area (Å²) in [6.45, 7) is 0. The van der Waals surface area contributed by atoms with Gasteiger partial charge in [0.25, 0.3) is 0 Å². The third kappa shape index (κ3) is 4.82. The van der Waals surface area contributed by atoms with Crippen LogP contribution in [-0.2, 0) is 0 Å². The second-order valence-corrected chi connectivity index (χ2v) is 14.6. The predicted octanol–water partition coefficient (Wildman–Crippen LogP) is 14.1. The maximum atomic E-state index is 6.54. The Bertz CT molecular complexity index is 3490. The summed E-state index contributed by atoms with van der Waals surface area (Å²) in [6.07, 6.45) is 0. The quantitative estimate of drug-likeness (QED) is 0.177. The van der Waals surface area contributed by atoms with Gasteiger partial charge in [-0.3, -0.25) is 4.57 Å². The van der Waals surface area contributed by atoms with Crippen molar-refractivity contribution in [3.63, 3.8) is 0 Å². The molecule has 0 N–H and O–H groups in total. The topological polar surface area (TPSA) is 47.1 Å². The van der Waals surface area contributed by atoms with Crippen molar-refractivity contribution in [1.82, 2.24) is 14.5 Å². The van der Waals surface area contributed by atoms with E-state index in [4.69, 9.17) is 14.4 Å². The summed E-state index contributed by atoms with van der Waals surface area (Å²) in [7, 11) is 0. The molecule has 0 saturated carbocycles. The van der Waals surface area contributed by atoms with Crippen molar-refractivity contribution in [3.8, 4) is 17.2 Å². The van der Waals surface area contributed by atoms with Crippen LogP contribution >= 0.6 is 0 Å². The molecule has 0 spiro atoms. The van der Waals surface area contributed by atoms with Gasteiger partial charge in [0.05, 0.1) is 22.2 Å². The maximum absolute atomic E-state index is 6.54. The lowest BCUT2D eigenvalue weighted by Gasteiger charge is -2.25. The molecule has 5 heteroatoms. The van der Waals surface area contributed by atoms with Crippen molar-refractivity contribution in [2.75, 3.05) is 4.90 Å². The number of hydrogen-bond donors (Lipinski definition) is 0. The van der Waals surface area contributed by atoms with Gasteiger partial charge in [-0.05, 0) is 88.3 Å². The molecule has 0 amide bonds. The number of anilines is 3. The Kier molecular flexibility index (Phi) is 6.86. The lowest BCUT2D eigenvalue weighted by molar-refractivity contribution is 0.669. The zero-order chi connectivity index (χ0) is 37.5. The van der Waals surface area contributed by atoms with Crippen LogP contribution in [0.2, 0.25) is 0 Å². The highest BCUT2D eigenvalue weighted by Crippen LogP contribution is 2.44. The van der Waals surface area contributed by atoms with Gasteiger partial charge in [-0.25, -0.2) is 9.97 Å². The van der Waals surface area contributed by atoms with Gasteiger partial charge in [-0.2, -0.15) is 0 Å². The molecule has 0 saturated heterocycles. The highest BCUT2D eigenvalue weighted by Gasteiger charge is 2.23. The Morgan fingerprint density at radius 3 is 1.82 bits per heavy atom. The van der Waals surface area contributed by atoms with Gasteiger partial charge in [0.2, 0.25) is 5.95 Å². The molecule has 0 bridgehead atoms. The molecule has 3 heterocycles. The summed E-state index contributed by atoms with van der Waals surface area (Å²) in [5.41, 5.74) is 9.78. The van der Waals surface area contributed by atoms with Crippen LogP contribution in [0.25, 0.3) is 93.4 Å². The van der Waals surface area contributed by atoms with E-state index in [9.17, 15) is 0 Å². The van der Waals surface area contributed by atoms with Gasteiger partial charge >= 0.3 is 0 Å². The molecule has 12 rings (SSSR count). The van der Waals surface area contributed by atoms with Crippen LogP contribution in [-0.4, -0.2) is 14.5 Å². The average molecular weight is 729 g/mol. The van der Waals surface area contributed by atoms with Crippen molar-refractivity contribution < 1.29 is 4.42 Å². The molecule has 0 radical (unpaired) electrons. The van der Waals surface area contributed by atoms with Crippen molar-refractivity contribution in [2.45, 2.75) is 0 Å². The minimum absolute atomic E-state index is 0.614. The Hall–Kier alpha value is -7.76. The smallest absolute Gasteiger partial charge is 0.235 e. The van der Waals surface area contributed by atoms with E-state index < -0.39 is 0 Å². The zero-order valence-corrected chi connectivity index (χ0v) is 30.7. The fourth-order valence-corrected chi connectivity index (χ4v) is 8.89. The number of hydrogen-bond acceptors (Lipinski definition) is 4. The van der Waals surface area contributed by atoms with Gasteiger partial charge in [-0.15, -0.1) is 0 Å². The maximum Gasteiger partial charge on any atom is 0.235 e. The second kappa shape index (κ2) is 12.4. The Labute approximate surface area is 327 Å². The molecule has 0 unspecified atom stereocenters. The van der Waals surface area contributed by atoms with E-state index in [1.54, 1.807) is 0 Å². The fourth-order valence-electron chi connectivity index (χ4n) is 8.89. The number of fused-ring (bicyclic) bond motifs is 11. The highest BCUT2D eigenvalue weighted by molar-refractivity contribution is 6.24. The monoisotopic (exact) mass is 728 g/mol. The molecule has 0 fully saturated rings. The number of aromatic nitrogens is 3. The van der Waals surface area contributed by atoms with Crippen molar-refractivity contribution in [1.29, 1.82) is 0 Å². The summed E-state index contributed by atoms with van der Waals surface area (Å²) in [5.74, 6) is 0.614. The first kappa shape index (κ1) is 31.6. The van der Waals surface area contributed by atoms with Crippen LogP contribution < -0.4 is 4.90 Å². The largest absolute Gasteiger partial charge is 0.456 e. The summed E-state index contributed by atoms with van der Waals surface area (Å²) in [4.78, 5) is 13.2.